The maximum Gasteiger partial charge on any atom is 0.270 e. The van der Waals surface area contributed by atoms with Gasteiger partial charge in [0.25, 0.3) is 5.69 Å². The lowest BCUT2D eigenvalue weighted by Gasteiger charge is -2.13. The van der Waals surface area contributed by atoms with Crippen molar-refractivity contribution in [2.75, 3.05) is 7.11 Å². The minimum absolute atomic E-state index is 0.0337. The molecule has 1 unspecified atom stereocenters. The van der Waals surface area contributed by atoms with Gasteiger partial charge in [0.2, 0.25) is 0 Å². The average molecular weight is 315 g/mol. The van der Waals surface area contributed by atoms with Crippen molar-refractivity contribution >= 4 is 22.5 Å². The highest BCUT2D eigenvalue weighted by Crippen LogP contribution is 2.39. The summed E-state index contributed by atoms with van der Waals surface area (Å²) in [6, 6.07) is 14.3. The molecular weight excluding hydrogens is 302 g/mol. The van der Waals surface area contributed by atoms with Gasteiger partial charge in [-0.1, -0.05) is 42.1 Å². The van der Waals surface area contributed by atoms with E-state index in [1.165, 1.54) is 23.9 Å². The molecule has 0 aromatic heterocycles. The van der Waals surface area contributed by atoms with Crippen molar-refractivity contribution in [1.29, 1.82) is 0 Å². The van der Waals surface area contributed by atoms with Crippen LogP contribution in [0.1, 0.15) is 16.5 Å². The molecule has 0 amide bonds. The van der Waals surface area contributed by atoms with Gasteiger partial charge in [-0.25, -0.2) is 0 Å². The Morgan fingerprint density at radius 2 is 2.05 bits per heavy atom. The van der Waals surface area contributed by atoms with Crippen LogP contribution >= 0.6 is 11.8 Å². The molecule has 1 atom stereocenters. The third-order valence-corrected chi connectivity index (χ3v) is 4.39. The molecule has 0 saturated heterocycles. The number of hydrazone groups is 1. The Morgan fingerprint density at radius 1 is 1.27 bits per heavy atom. The van der Waals surface area contributed by atoms with Gasteiger partial charge in [-0.2, -0.15) is 5.10 Å². The van der Waals surface area contributed by atoms with Gasteiger partial charge < -0.3 is 4.74 Å². The molecular formula is C15H13N3O3S. The fourth-order valence-electron chi connectivity index (χ4n) is 2.17. The predicted molar refractivity (Wildman–Crippen MR) is 86.1 cm³/mol. The Morgan fingerprint density at radius 3 is 2.73 bits per heavy atom. The third kappa shape index (κ3) is 2.75. The first-order valence-electron chi connectivity index (χ1n) is 6.56. The molecule has 22 heavy (non-hydrogen) atoms. The second-order valence-corrected chi connectivity index (χ2v) is 5.69. The average Bonchev–Trinajstić information content (AvgIpc) is 3.05. The van der Waals surface area contributed by atoms with Crippen LogP contribution in [0.4, 0.5) is 5.69 Å². The second-order valence-electron chi connectivity index (χ2n) is 4.59. The van der Waals surface area contributed by atoms with Gasteiger partial charge >= 0.3 is 0 Å². The lowest BCUT2D eigenvalue weighted by atomic mass is 10.1. The number of nitro groups is 1. The Labute approximate surface area is 131 Å². The lowest BCUT2D eigenvalue weighted by Crippen LogP contribution is -2.08. The highest BCUT2D eigenvalue weighted by atomic mass is 32.2. The molecule has 1 aliphatic rings. The Kier molecular flexibility index (Phi) is 3.97. The second kappa shape index (κ2) is 6.07. The van der Waals surface area contributed by atoms with Crippen molar-refractivity contribution in [2.45, 2.75) is 5.37 Å². The molecule has 2 aromatic carbocycles. The monoisotopic (exact) mass is 315 g/mol. The van der Waals surface area contributed by atoms with Crippen molar-refractivity contribution in [2.24, 2.45) is 5.10 Å². The van der Waals surface area contributed by atoms with Crippen LogP contribution in [0.15, 0.2) is 53.6 Å². The minimum atomic E-state index is -0.415. The van der Waals surface area contributed by atoms with Crippen LogP contribution in [0.2, 0.25) is 0 Å². The molecule has 0 saturated carbocycles. The summed E-state index contributed by atoms with van der Waals surface area (Å²) >= 11 is 1.50. The summed E-state index contributed by atoms with van der Waals surface area (Å²) in [5.74, 6) is 0.597. The van der Waals surface area contributed by atoms with Gasteiger partial charge in [0.1, 0.15) is 16.2 Å². The van der Waals surface area contributed by atoms with Crippen molar-refractivity contribution in [3.63, 3.8) is 0 Å². The van der Waals surface area contributed by atoms with Gasteiger partial charge in [-0.05, 0) is 6.07 Å². The molecule has 6 nitrogen and oxygen atoms in total. The van der Waals surface area contributed by atoms with Crippen LogP contribution < -0.4 is 10.2 Å². The number of nitrogens with one attached hydrogen (secondary N) is 1. The number of rotatable bonds is 4. The first-order chi connectivity index (χ1) is 10.7. The normalized spacial score (nSPS) is 16.8. The summed E-state index contributed by atoms with van der Waals surface area (Å²) in [6.07, 6.45) is 0. The van der Waals surface area contributed by atoms with E-state index < -0.39 is 4.92 Å². The standard InChI is InChI=1S/C15H13N3O3S/c1-21-13-8-7-11(18(19)20)9-12(13)15-17-16-14(22-15)10-5-3-2-4-6-10/h2-9,15,17H,1H3. The number of hydrogen-bond donors (Lipinski definition) is 1. The van der Waals surface area contributed by atoms with E-state index in [4.69, 9.17) is 4.74 Å². The summed E-state index contributed by atoms with van der Waals surface area (Å²) in [7, 11) is 1.54. The van der Waals surface area contributed by atoms with Crippen molar-refractivity contribution in [1.82, 2.24) is 5.43 Å². The number of thioether (sulfide) groups is 1. The van der Waals surface area contributed by atoms with Crippen LogP contribution in [-0.2, 0) is 0 Å². The van der Waals surface area contributed by atoms with E-state index in [1.54, 1.807) is 13.2 Å². The molecule has 1 N–H and O–H groups in total. The molecule has 0 fully saturated rings. The van der Waals surface area contributed by atoms with E-state index in [0.717, 1.165) is 10.6 Å². The van der Waals surface area contributed by atoms with E-state index in [1.807, 2.05) is 30.3 Å². The molecule has 7 heteroatoms. The molecule has 0 spiro atoms. The quantitative estimate of drug-likeness (QED) is 0.692. The van der Waals surface area contributed by atoms with E-state index in [2.05, 4.69) is 10.5 Å². The smallest absolute Gasteiger partial charge is 0.270 e. The number of methoxy groups -OCH3 is 1. The van der Waals surface area contributed by atoms with Crippen LogP contribution in [0.3, 0.4) is 0 Å². The molecule has 1 heterocycles. The Bertz CT molecular complexity index is 734. The first kappa shape index (κ1) is 14.4. The summed E-state index contributed by atoms with van der Waals surface area (Å²) in [6.45, 7) is 0. The van der Waals surface area contributed by atoms with Crippen molar-refractivity contribution < 1.29 is 9.66 Å². The van der Waals surface area contributed by atoms with Gasteiger partial charge in [0, 0.05) is 23.3 Å². The highest BCUT2D eigenvalue weighted by Gasteiger charge is 2.26. The highest BCUT2D eigenvalue weighted by molar-refractivity contribution is 8.14. The Hall–Kier alpha value is -2.54. The number of nitrogens with zero attached hydrogens (tertiary/aromatic N) is 2. The number of non-ortho nitro benzene ring substituents is 1. The summed E-state index contributed by atoms with van der Waals surface area (Å²) in [5, 5.41) is 15.9. The minimum Gasteiger partial charge on any atom is -0.496 e. The third-order valence-electron chi connectivity index (χ3n) is 3.24. The molecule has 1 aliphatic heterocycles. The summed E-state index contributed by atoms with van der Waals surface area (Å²) in [4.78, 5) is 10.5. The van der Waals surface area contributed by atoms with E-state index in [0.29, 0.717) is 11.3 Å². The van der Waals surface area contributed by atoms with Gasteiger partial charge in [0.15, 0.2) is 0 Å². The summed E-state index contributed by atoms with van der Waals surface area (Å²) in [5.41, 5.74) is 4.76. The maximum absolute atomic E-state index is 11.0. The molecule has 0 radical (unpaired) electrons. The van der Waals surface area contributed by atoms with E-state index in [-0.39, 0.29) is 11.1 Å². The van der Waals surface area contributed by atoms with E-state index in [9.17, 15) is 10.1 Å². The number of ether oxygens (including phenoxy) is 1. The van der Waals surface area contributed by atoms with Gasteiger partial charge in [-0.15, -0.1) is 0 Å². The van der Waals surface area contributed by atoms with Crippen LogP contribution in [-0.4, -0.2) is 17.1 Å². The largest absolute Gasteiger partial charge is 0.496 e. The fourth-order valence-corrected chi connectivity index (χ4v) is 3.19. The fraction of sp³-hybridized carbons (Fsp3) is 0.133. The molecule has 112 valence electrons. The van der Waals surface area contributed by atoms with E-state index >= 15 is 0 Å². The van der Waals surface area contributed by atoms with Crippen LogP contribution in [0.5, 0.6) is 5.75 Å². The SMILES string of the molecule is COc1ccc([N+](=O)[O-])cc1C1NN=C(c2ccccc2)S1. The molecule has 2 aromatic rings. The number of hydrogen-bond acceptors (Lipinski definition) is 6. The van der Waals surface area contributed by atoms with Crippen LogP contribution in [0, 0.1) is 10.1 Å². The molecule has 3 rings (SSSR count). The summed E-state index contributed by atoms with van der Waals surface area (Å²) < 4.78 is 5.31. The lowest BCUT2D eigenvalue weighted by molar-refractivity contribution is -0.384. The molecule has 0 aliphatic carbocycles. The topological polar surface area (TPSA) is 76.8 Å². The Balaban J connectivity index is 1.87. The zero-order valence-corrected chi connectivity index (χ0v) is 12.5. The zero-order valence-electron chi connectivity index (χ0n) is 11.7. The number of benzene rings is 2. The molecule has 0 bridgehead atoms. The van der Waals surface area contributed by atoms with Crippen LogP contribution in [0.25, 0.3) is 0 Å². The van der Waals surface area contributed by atoms with Crippen molar-refractivity contribution in [3.8, 4) is 5.75 Å². The number of nitro benzene ring substituents is 1. The predicted octanol–water partition coefficient (Wildman–Crippen LogP) is 3.30. The van der Waals surface area contributed by atoms with Gasteiger partial charge in [0.05, 0.1) is 12.0 Å². The van der Waals surface area contributed by atoms with Gasteiger partial charge in [-0.3, -0.25) is 15.5 Å². The maximum atomic E-state index is 11.0. The first-order valence-corrected chi connectivity index (χ1v) is 7.44. The van der Waals surface area contributed by atoms with Crippen molar-refractivity contribution in [3.05, 3.63) is 69.8 Å². The zero-order chi connectivity index (χ0) is 15.5.